The highest BCUT2D eigenvalue weighted by molar-refractivity contribution is 7.13. The summed E-state index contributed by atoms with van der Waals surface area (Å²) < 4.78 is 0. The van der Waals surface area contributed by atoms with E-state index >= 15 is 0 Å². The molecule has 2 nitrogen and oxygen atoms in total. The minimum absolute atomic E-state index is 0.456. The number of hydrogen-bond donors (Lipinski definition) is 1. The van der Waals surface area contributed by atoms with Gasteiger partial charge in [0.15, 0.2) is 0 Å². The SMILES string of the molecule is Bc1c(C)csc1C(=O)O. The van der Waals surface area contributed by atoms with Gasteiger partial charge in [-0.05, 0) is 17.9 Å². The molecule has 0 spiro atoms. The molecule has 0 saturated carbocycles. The predicted octanol–water partition coefficient (Wildman–Crippen LogP) is 0.0131. The molecule has 1 N–H and O–H groups in total. The maximum Gasteiger partial charge on any atom is 0.345 e. The summed E-state index contributed by atoms with van der Waals surface area (Å²) in [6.07, 6.45) is 0. The lowest BCUT2D eigenvalue weighted by molar-refractivity contribution is 0.0703. The fourth-order valence-electron chi connectivity index (χ4n) is 0.714. The van der Waals surface area contributed by atoms with E-state index in [9.17, 15) is 4.79 Å². The number of aryl methyl sites for hydroxylation is 1. The summed E-state index contributed by atoms with van der Waals surface area (Å²) in [5.74, 6) is -0.824. The Labute approximate surface area is 63.9 Å². The van der Waals surface area contributed by atoms with Crippen molar-refractivity contribution in [1.82, 2.24) is 0 Å². The van der Waals surface area contributed by atoms with Gasteiger partial charge in [-0.2, -0.15) is 0 Å². The number of rotatable bonds is 1. The molecule has 0 aliphatic carbocycles. The molecular formula is C6H7BO2S. The summed E-state index contributed by atoms with van der Waals surface area (Å²) in [6, 6.07) is 0. The van der Waals surface area contributed by atoms with Gasteiger partial charge in [-0.1, -0.05) is 5.46 Å². The molecule has 52 valence electrons. The highest BCUT2D eigenvalue weighted by atomic mass is 32.1. The van der Waals surface area contributed by atoms with Crippen molar-refractivity contribution in [1.29, 1.82) is 0 Å². The Morgan fingerprint density at radius 1 is 1.80 bits per heavy atom. The average molecular weight is 154 g/mol. The van der Waals surface area contributed by atoms with Crippen LogP contribution >= 0.6 is 11.3 Å². The first-order valence-corrected chi connectivity index (χ1v) is 3.79. The molecule has 0 aliphatic heterocycles. The van der Waals surface area contributed by atoms with E-state index in [1.165, 1.54) is 11.3 Å². The lowest BCUT2D eigenvalue weighted by Gasteiger charge is -1.90. The minimum atomic E-state index is -0.824. The molecule has 1 aromatic heterocycles. The third-order valence-electron chi connectivity index (χ3n) is 1.48. The standard InChI is InChI=1S/C6H7BO2S/c1-3-2-10-5(4(3)7)6(8)9/h2H,7H2,1H3,(H,8,9). The van der Waals surface area contributed by atoms with Crippen molar-refractivity contribution in [2.45, 2.75) is 6.92 Å². The summed E-state index contributed by atoms with van der Waals surface area (Å²) in [5, 5.41) is 10.4. The van der Waals surface area contributed by atoms with E-state index in [4.69, 9.17) is 5.11 Å². The molecule has 0 atom stereocenters. The molecule has 1 rings (SSSR count). The van der Waals surface area contributed by atoms with Gasteiger partial charge in [0, 0.05) is 0 Å². The molecule has 4 heteroatoms. The summed E-state index contributed by atoms with van der Waals surface area (Å²) >= 11 is 1.28. The minimum Gasteiger partial charge on any atom is -0.477 e. The van der Waals surface area contributed by atoms with Gasteiger partial charge in [0.1, 0.15) is 12.7 Å². The third-order valence-corrected chi connectivity index (χ3v) is 2.67. The average Bonchev–Trinajstić information content (AvgIpc) is 2.14. The topological polar surface area (TPSA) is 37.3 Å². The second kappa shape index (κ2) is 2.46. The predicted molar refractivity (Wildman–Crippen MR) is 44.2 cm³/mol. The molecule has 10 heavy (non-hydrogen) atoms. The van der Waals surface area contributed by atoms with Crippen LogP contribution in [0.15, 0.2) is 5.38 Å². The first-order valence-electron chi connectivity index (χ1n) is 2.91. The van der Waals surface area contributed by atoms with Gasteiger partial charge in [0.2, 0.25) is 0 Å². The number of aromatic carboxylic acids is 1. The van der Waals surface area contributed by atoms with E-state index in [0.29, 0.717) is 4.88 Å². The van der Waals surface area contributed by atoms with Crippen LogP contribution in [-0.2, 0) is 0 Å². The lowest BCUT2D eigenvalue weighted by atomic mass is 9.93. The van der Waals surface area contributed by atoms with Crippen molar-refractivity contribution >= 4 is 30.6 Å². The molecular weight excluding hydrogens is 147 g/mol. The van der Waals surface area contributed by atoms with Crippen molar-refractivity contribution in [2.24, 2.45) is 0 Å². The molecule has 1 aromatic rings. The molecule has 0 fully saturated rings. The van der Waals surface area contributed by atoms with E-state index in [-0.39, 0.29) is 0 Å². The highest BCUT2D eigenvalue weighted by Crippen LogP contribution is 2.09. The lowest BCUT2D eigenvalue weighted by Crippen LogP contribution is -2.12. The Morgan fingerprint density at radius 2 is 2.40 bits per heavy atom. The molecule has 1 heterocycles. The smallest absolute Gasteiger partial charge is 0.345 e. The van der Waals surface area contributed by atoms with Gasteiger partial charge < -0.3 is 5.11 Å². The van der Waals surface area contributed by atoms with Crippen molar-refractivity contribution in [3.63, 3.8) is 0 Å². The summed E-state index contributed by atoms with van der Waals surface area (Å²) in [4.78, 5) is 10.9. The summed E-state index contributed by atoms with van der Waals surface area (Å²) in [6.45, 7) is 1.91. The van der Waals surface area contributed by atoms with Crippen molar-refractivity contribution in [2.75, 3.05) is 0 Å². The monoisotopic (exact) mass is 154 g/mol. The fraction of sp³-hybridized carbons (Fsp3) is 0.167. The summed E-state index contributed by atoms with van der Waals surface area (Å²) in [5.41, 5.74) is 1.94. The van der Waals surface area contributed by atoms with Gasteiger partial charge in [-0.15, -0.1) is 11.3 Å². The zero-order valence-electron chi connectivity index (χ0n) is 5.84. The fourth-order valence-corrected chi connectivity index (χ4v) is 1.62. The molecule has 0 amide bonds. The van der Waals surface area contributed by atoms with Crippen molar-refractivity contribution < 1.29 is 9.90 Å². The van der Waals surface area contributed by atoms with Crippen LogP contribution in [0.25, 0.3) is 0 Å². The normalized spacial score (nSPS) is 9.70. The largest absolute Gasteiger partial charge is 0.477 e. The van der Waals surface area contributed by atoms with E-state index in [0.717, 1.165) is 11.0 Å². The van der Waals surface area contributed by atoms with Crippen LogP contribution in [0.2, 0.25) is 0 Å². The zero-order valence-corrected chi connectivity index (χ0v) is 6.66. The Bertz CT molecular complexity index is 267. The van der Waals surface area contributed by atoms with Crippen LogP contribution in [0.1, 0.15) is 15.2 Å². The van der Waals surface area contributed by atoms with Gasteiger partial charge in [0.05, 0.1) is 0 Å². The van der Waals surface area contributed by atoms with Crippen molar-refractivity contribution in [3.05, 3.63) is 15.8 Å². The maximum atomic E-state index is 10.4. The third kappa shape index (κ3) is 1.07. The van der Waals surface area contributed by atoms with Crippen LogP contribution in [0.4, 0.5) is 0 Å². The molecule has 0 unspecified atom stereocenters. The highest BCUT2D eigenvalue weighted by Gasteiger charge is 2.09. The molecule has 0 radical (unpaired) electrons. The van der Waals surface area contributed by atoms with Gasteiger partial charge in [0.25, 0.3) is 0 Å². The number of hydrogen-bond acceptors (Lipinski definition) is 2. The summed E-state index contributed by atoms with van der Waals surface area (Å²) in [7, 11) is 1.83. The number of carbonyl (C=O) groups is 1. The zero-order chi connectivity index (χ0) is 7.72. The first-order chi connectivity index (χ1) is 4.63. The number of carboxylic acids is 1. The van der Waals surface area contributed by atoms with Crippen LogP contribution in [0.5, 0.6) is 0 Å². The van der Waals surface area contributed by atoms with E-state index in [1.54, 1.807) is 0 Å². The Hall–Kier alpha value is -0.765. The second-order valence-electron chi connectivity index (χ2n) is 2.18. The Kier molecular flexibility index (Phi) is 1.81. The van der Waals surface area contributed by atoms with Gasteiger partial charge in [-0.3, -0.25) is 0 Å². The van der Waals surface area contributed by atoms with Crippen LogP contribution in [-0.4, -0.2) is 18.9 Å². The number of thiophene rings is 1. The molecule has 0 bridgehead atoms. The van der Waals surface area contributed by atoms with Crippen LogP contribution in [0.3, 0.4) is 0 Å². The van der Waals surface area contributed by atoms with Crippen LogP contribution < -0.4 is 5.46 Å². The molecule has 0 saturated heterocycles. The Morgan fingerprint density at radius 3 is 2.60 bits per heavy atom. The Balaban J connectivity index is 3.17. The van der Waals surface area contributed by atoms with Crippen molar-refractivity contribution in [3.8, 4) is 0 Å². The van der Waals surface area contributed by atoms with E-state index in [2.05, 4.69) is 0 Å². The maximum absolute atomic E-state index is 10.4. The van der Waals surface area contributed by atoms with E-state index in [1.807, 2.05) is 20.2 Å². The van der Waals surface area contributed by atoms with Gasteiger partial charge in [-0.25, -0.2) is 4.79 Å². The molecule has 0 aromatic carbocycles. The number of carboxylic acid groups (broad SMARTS) is 1. The van der Waals surface area contributed by atoms with Gasteiger partial charge >= 0.3 is 5.97 Å². The second-order valence-corrected chi connectivity index (χ2v) is 3.06. The van der Waals surface area contributed by atoms with Crippen LogP contribution in [0, 0.1) is 6.92 Å². The quantitative estimate of drug-likeness (QED) is 0.578. The first kappa shape index (κ1) is 7.34. The van der Waals surface area contributed by atoms with E-state index < -0.39 is 5.97 Å². The molecule has 0 aliphatic rings.